The van der Waals surface area contributed by atoms with Gasteiger partial charge in [-0.1, -0.05) is 29.8 Å². The molecule has 1 aliphatic heterocycles. The van der Waals surface area contributed by atoms with Crippen LogP contribution in [0.3, 0.4) is 0 Å². The summed E-state index contributed by atoms with van der Waals surface area (Å²) >= 11 is 1.30. The quantitative estimate of drug-likeness (QED) is 0.160. The van der Waals surface area contributed by atoms with Crippen LogP contribution in [-0.2, 0) is 19.6 Å². The highest BCUT2D eigenvalue weighted by Crippen LogP contribution is 2.48. The molecule has 3 heterocycles. The van der Waals surface area contributed by atoms with E-state index in [0.29, 0.717) is 51.4 Å². The summed E-state index contributed by atoms with van der Waals surface area (Å²) in [6.45, 7) is 10.6. The molecule has 1 saturated heterocycles. The number of ether oxygens (including phenoxy) is 1. The van der Waals surface area contributed by atoms with Gasteiger partial charge in [-0.15, -0.1) is 0 Å². The van der Waals surface area contributed by atoms with E-state index in [1.54, 1.807) is 41.8 Å². The van der Waals surface area contributed by atoms with E-state index in [1.165, 1.54) is 40.6 Å². The summed E-state index contributed by atoms with van der Waals surface area (Å²) in [5.74, 6) is -1.02. The number of thiophene rings is 1. The Labute approximate surface area is 240 Å². The van der Waals surface area contributed by atoms with Gasteiger partial charge in [0.25, 0.3) is 10.0 Å². The lowest BCUT2D eigenvalue weighted by atomic mass is 9.98. The molecule has 10 heteroatoms. The number of benzene rings is 3. The first kappa shape index (κ1) is 26.7. The summed E-state index contributed by atoms with van der Waals surface area (Å²) in [5, 5.41) is 2.16. The molecule has 0 aliphatic carbocycles. The molecule has 0 amide bonds. The molecule has 6 rings (SSSR count). The van der Waals surface area contributed by atoms with Gasteiger partial charge in [0.15, 0.2) is 0 Å². The van der Waals surface area contributed by atoms with Gasteiger partial charge < -0.3 is 9.64 Å². The minimum atomic E-state index is -4.17. The van der Waals surface area contributed by atoms with E-state index in [0.717, 1.165) is 11.3 Å². The summed E-state index contributed by atoms with van der Waals surface area (Å²) in [5.41, 5.74) is 3.77. The summed E-state index contributed by atoms with van der Waals surface area (Å²) in [6.07, 6.45) is 0. The molecule has 206 valence electrons. The van der Waals surface area contributed by atoms with Crippen molar-refractivity contribution in [1.29, 1.82) is 0 Å². The maximum Gasteiger partial charge on any atom is 0.312 e. The lowest BCUT2D eigenvalue weighted by Gasteiger charge is -2.39. The maximum atomic E-state index is 14.7. The van der Waals surface area contributed by atoms with E-state index in [4.69, 9.17) is 11.3 Å². The monoisotopic (exact) mass is 585 g/mol. The van der Waals surface area contributed by atoms with E-state index in [9.17, 15) is 17.6 Å². The second-order valence-corrected chi connectivity index (χ2v) is 12.6. The number of anilines is 1. The summed E-state index contributed by atoms with van der Waals surface area (Å²) in [7, 11) is -2.80. The molecule has 0 saturated carbocycles. The van der Waals surface area contributed by atoms with Gasteiger partial charge >= 0.3 is 5.97 Å². The van der Waals surface area contributed by atoms with Crippen LogP contribution in [-0.4, -0.2) is 38.6 Å². The van der Waals surface area contributed by atoms with E-state index in [2.05, 4.69) is 4.85 Å². The standard InChI is InChI=1S/C31H24FN3O4S2/c1-19-7-10-24(11-8-19)41(37,38)35-27-12-9-22(32)16-25(27)28(30-26(33-2)13-14-40-30)29(35)20-5-4-6-23(15-20)34-17-21(18-34)31(36)39-3/h4-16,21H,17-18H2,1,3H3. The zero-order valence-electron chi connectivity index (χ0n) is 22.2. The highest BCUT2D eigenvalue weighted by atomic mass is 32.2. The molecule has 7 nitrogen and oxygen atoms in total. The Morgan fingerprint density at radius 2 is 1.83 bits per heavy atom. The number of fused-ring (bicyclic) bond motifs is 1. The number of nitrogens with zero attached hydrogens (tertiary/aromatic N) is 3. The largest absolute Gasteiger partial charge is 0.469 e. The minimum absolute atomic E-state index is 0.0912. The number of carbonyl (C=O) groups is 1. The summed E-state index contributed by atoms with van der Waals surface area (Å²) < 4.78 is 49.6. The third-order valence-electron chi connectivity index (χ3n) is 7.34. The molecular weight excluding hydrogens is 561 g/mol. The highest BCUT2D eigenvalue weighted by Gasteiger charge is 2.35. The first-order valence-corrected chi connectivity index (χ1v) is 15.1. The molecule has 0 atom stereocenters. The summed E-state index contributed by atoms with van der Waals surface area (Å²) in [6, 6.07) is 19.7. The Morgan fingerprint density at radius 1 is 1.07 bits per heavy atom. The van der Waals surface area contributed by atoms with E-state index < -0.39 is 15.8 Å². The number of carbonyl (C=O) groups excluding carboxylic acids is 1. The fraction of sp³-hybridized carbons (Fsp3) is 0.161. The highest BCUT2D eigenvalue weighted by molar-refractivity contribution is 7.90. The van der Waals surface area contributed by atoms with Crippen molar-refractivity contribution in [1.82, 2.24) is 3.97 Å². The van der Waals surface area contributed by atoms with Gasteiger partial charge in [0.05, 0.1) is 35.7 Å². The molecule has 1 aliphatic rings. The molecule has 5 aromatic rings. The fourth-order valence-corrected chi connectivity index (χ4v) is 7.66. The first-order chi connectivity index (χ1) is 19.7. The predicted molar refractivity (Wildman–Crippen MR) is 158 cm³/mol. The van der Waals surface area contributed by atoms with Crippen molar-refractivity contribution < 1.29 is 22.3 Å². The number of esters is 1. The Bertz CT molecular complexity index is 1960. The van der Waals surface area contributed by atoms with Crippen molar-refractivity contribution in [3.8, 4) is 21.7 Å². The normalized spacial score (nSPS) is 13.7. The zero-order chi connectivity index (χ0) is 28.9. The number of aryl methyl sites for hydroxylation is 1. The van der Waals surface area contributed by atoms with Crippen molar-refractivity contribution in [2.75, 3.05) is 25.1 Å². The van der Waals surface area contributed by atoms with Gasteiger partial charge in [-0.3, -0.25) is 4.79 Å². The van der Waals surface area contributed by atoms with E-state index in [1.807, 2.05) is 30.0 Å². The fourth-order valence-electron chi connectivity index (χ4n) is 5.22. The van der Waals surface area contributed by atoms with Crippen LogP contribution in [0.15, 0.2) is 83.1 Å². The van der Waals surface area contributed by atoms with Crippen LogP contribution in [0.1, 0.15) is 5.56 Å². The average molecular weight is 586 g/mol. The second kappa shape index (κ2) is 10.2. The third-order valence-corrected chi connectivity index (χ3v) is 9.99. The number of rotatable bonds is 6. The molecule has 1 fully saturated rings. The Hall–Kier alpha value is -4.46. The zero-order valence-corrected chi connectivity index (χ0v) is 23.8. The van der Waals surface area contributed by atoms with E-state index >= 15 is 0 Å². The van der Waals surface area contributed by atoms with Crippen LogP contribution in [0.5, 0.6) is 0 Å². The Morgan fingerprint density at radius 3 is 2.54 bits per heavy atom. The molecule has 0 N–H and O–H groups in total. The van der Waals surface area contributed by atoms with Crippen molar-refractivity contribution in [3.05, 3.63) is 101 Å². The Balaban J connectivity index is 1.64. The Kier molecular flexibility index (Phi) is 6.64. The molecule has 0 radical (unpaired) electrons. The number of halogens is 1. The van der Waals surface area contributed by atoms with Gasteiger partial charge in [-0.2, -0.15) is 11.3 Å². The number of hydrogen-bond donors (Lipinski definition) is 0. The number of methoxy groups -OCH3 is 1. The number of aromatic nitrogens is 1. The van der Waals surface area contributed by atoms with Crippen molar-refractivity contribution in [3.63, 3.8) is 0 Å². The van der Waals surface area contributed by atoms with Crippen LogP contribution in [0, 0.1) is 25.2 Å². The predicted octanol–water partition coefficient (Wildman–Crippen LogP) is 6.88. The van der Waals surface area contributed by atoms with Crippen molar-refractivity contribution in [2.45, 2.75) is 11.8 Å². The minimum Gasteiger partial charge on any atom is -0.469 e. The van der Waals surface area contributed by atoms with Crippen LogP contribution < -0.4 is 4.90 Å². The maximum absolute atomic E-state index is 14.7. The van der Waals surface area contributed by atoms with Crippen LogP contribution in [0.4, 0.5) is 15.8 Å². The topological polar surface area (TPSA) is 73.0 Å². The molecule has 41 heavy (non-hydrogen) atoms. The molecule has 3 aromatic carbocycles. The van der Waals surface area contributed by atoms with Gasteiger partial charge in [-0.25, -0.2) is 21.6 Å². The lowest BCUT2D eigenvalue weighted by Crippen LogP contribution is -2.50. The van der Waals surface area contributed by atoms with Gasteiger partial charge in [0.2, 0.25) is 5.69 Å². The second-order valence-electron chi connectivity index (χ2n) is 9.89. The first-order valence-electron chi connectivity index (χ1n) is 12.8. The van der Waals surface area contributed by atoms with Crippen LogP contribution >= 0.6 is 11.3 Å². The molecule has 0 unspecified atom stereocenters. The number of hydrogen-bond acceptors (Lipinski definition) is 6. The average Bonchev–Trinajstić information content (AvgIpc) is 3.54. The SMILES string of the molecule is [C-]#[N+]c1ccsc1-c1c(-c2cccc(N3CC(C(=O)OC)C3)c2)n(S(=O)(=O)c2ccc(C)cc2)c2ccc(F)cc12. The van der Waals surface area contributed by atoms with Crippen molar-refractivity contribution >= 4 is 49.6 Å². The lowest BCUT2D eigenvalue weighted by molar-refractivity contribution is -0.146. The summed E-state index contributed by atoms with van der Waals surface area (Å²) in [4.78, 5) is 18.3. The third kappa shape index (κ3) is 4.47. The van der Waals surface area contributed by atoms with Crippen molar-refractivity contribution in [2.24, 2.45) is 5.92 Å². The van der Waals surface area contributed by atoms with Gasteiger partial charge in [0.1, 0.15) is 5.82 Å². The van der Waals surface area contributed by atoms with Crippen LogP contribution in [0.25, 0.3) is 37.4 Å². The van der Waals surface area contributed by atoms with Gasteiger partial charge in [-0.05, 0) is 60.8 Å². The molecule has 0 spiro atoms. The molecule has 2 aromatic heterocycles. The molecular formula is C31H24FN3O4S2. The van der Waals surface area contributed by atoms with Crippen LogP contribution in [0.2, 0.25) is 0 Å². The van der Waals surface area contributed by atoms with Gasteiger partial charge in [0, 0.05) is 40.2 Å². The van der Waals surface area contributed by atoms with E-state index in [-0.39, 0.29) is 16.8 Å². The molecule has 0 bridgehead atoms. The smallest absolute Gasteiger partial charge is 0.312 e.